The number of benzene rings is 1. The Morgan fingerprint density at radius 2 is 2.00 bits per heavy atom. The third-order valence-corrected chi connectivity index (χ3v) is 3.70. The van der Waals surface area contributed by atoms with Crippen LogP contribution in [0.5, 0.6) is 0 Å². The number of thiazole rings is 1. The maximum Gasteiger partial charge on any atom is 0.275 e. The van der Waals surface area contributed by atoms with Crippen LogP contribution in [-0.4, -0.2) is 15.9 Å². The fourth-order valence-electron chi connectivity index (χ4n) is 1.92. The van der Waals surface area contributed by atoms with Gasteiger partial charge in [-0.25, -0.2) is 14.4 Å². The molecule has 2 heterocycles. The Balaban J connectivity index is 1.70. The van der Waals surface area contributed by atoms with Crippen molar-refractivity contribution in [1.82, 2.24) is 9.97 Å². The van der Waals surface area contributed by atoms with E-state index in [2.05, 4.69) is 20.6 Å². The normalized spacial score (nSPS) is 10.3. The molecule has 0 aliphatic carbocycles. The van der Waals surface area contributed by atoms with E-state index >= 15 is 0 Å². The van der Waals surface area contributed by atoms with E-state index in [0.717, 1.165) is 5.69 Å². The molecule has 23 heavy (non-hydrogen) atoms. The highest BCUT2D eigenvalue weighted by atomic mass is 32.1. The van der Waals surface area contributed by atoms with Crippen LogP contribution in [0.1, 0.15) is 16.2 Å². The number of anilines is 3. The maximum absolute atomic E-state index is 13.1. The lowest BCUT2D eigenvalue weighted by molar-refractivity contribution is 0.102. The first-order valence-corrected chi connectivity index (χ1v) is 7.71. The van der Waals surface area contributed by atoms with E-state index in [1.165, 1.54) is 29.5 Å². The molecule has 0 aliphatic rings. The van der Waals surface area contributed by atoms with Crippen molar-refractivity contribution in [3.63, 3.8) is 0 Å². The van der Waals surface area contributed by atoms with Gasteiger partial charge >= 0.3 is 0 Å². The van der Waals surface area contributed by atoms with Gasteiger partial charge in [-0.15, -0.1) is 11.3 Å². The minimum absolute atomic E-state index is 0.259. The molecule has 116 valence electrons. The van der Waals surface area contributed by atoms with E-state index in [1.807, 2.05) is 25.1 Å². The largest absolute Gasteiger partial charge is 0.321 e. The lowest BCUT2D eigenvalue weighted by Gasteiger charge is -2.03. The lowest BCUT2D eigenvalue weighted by atomic mass is 10.3. The summed E-state index contributed by atoms with van der Waals surface area (Å²) < 4.78 is 13.1. The number of nitrogens with one attached hydrogen (secondary N) is 2. The van der Waals surface area contributed by atoms with Crippen LogP contribution < -0.4 is 10.6 Å². The van der Waals surface area contributed by atoms with Crippen LogP contribution in [0.3, 0.4) is 0 Å². The number of pyridine rings is 1. The number of hydrogen-bond donors (Lipinski definition) is 2. The molecule has 0 radical (unpaired) electrons. The molecule has 1 aromatic carbocycles. The Hall–Kier alpha value is -2.80. The third-order valence-electron chi connectivity index (χ3n) is 2.94. The molecule has 0 saturated heterocycles. The molecule has 0 aliphatic heterocycles. The summed E-state index contributed by atoms with van der Waals surface area (Å²) in [5.74, 6) is -0.137. The molecular weight excluding hydrogens is 315 g/mol. The fraction of sp³-hybridized carbons (Fsp3) is 0.0625. The molecule has 2 aromatic heterocycles. The summed E-state index contributed by atoms with van der Waals surface area (Å²) in [4.78, 5) is 20.6. The smallest absolute Gasteiger partial charge is 0.275 e. The molecule has 7 heteroatoms. The van der Waals surface area contributed by atoms with Crippen LogP contribution in [0.2, 0.25) is 0 Å². The first kappa shape index (κ1) is 15.1. The Labute approximate surface area is 136 Å². The van der Waals surface area contributed by atoms with Gasteiger partial charge in [-0.2, -0.15) is 0 Å². The molecule has 0 spiro atoms. The minimum atomic E-state index is -0.408. The van der Waals surface area contributed by atoms with Gasteiger partial charge in [0.2, 0.25) is 0 Å². The summed E-state index contributed by atoms with van der Waals surface area (Å²) in [5, 5.41) is 7.85. The molecule has 5 nitrogen and oxygen atoms in total. The number of amides is 1. The second kappa shape index (κ2) is 6.53. The summed E-state index contributed by atoms with van der Waals surface area (Å²) in [6, 6.07) is 11.3. The highest BCUT2D eigenvalue weighted by molar-refractivity contribution is 7.14. The van der Waals surface area contributed by atoms with Crippen molar-refractivity contribution in [3.05, 3.63) is 65.0 Å². The Morgan fingerprint density at radius 1 is 1.17 bits per heavy atom. The SMILES string of the molecule is Cc1cccc(Nc2nc(C(=O)Nc3cccc(F)c3)cs2)n1. The van der Waals surface area contributed by atoms with Gasteiger partial charge in [-0.1, -0.05) is 12.1 Å². The number of hydrogen-bond acceptors (Lipinski definition) is 5. The highest BCUT2D eigenvalue weighted by Crippen LogP contribution is 2.20. The zero-order chi connectivity index (χ0) is 16.2. The van der Waals surface area contributed by atoms with Crippen LogP contribution in [0.4, 0.5) is 21.0 Å². The molecule has 0 saturated carbocycles. The number of carbonyl (C=O) groups excluding carboxylic acids is 1. The monoisotopic (exact) mass is 328 g/mol. The summed E-state index contributed by atoms with van der Waals surface area (Å²) in [5.41, 5.74) is 1.53. The first-order valence-electron chi connectivity index (χ1n) is 6.83. The van der Waals surface area contributed by atoms with Crippen molar-refractivity contribution < 1.29 is 9.18 Å². The van der Waals surface area contributed by atoms with Crippen LogP contribution in [0.15, 0.2) is 47.8 Å². The molecule has 3 aromatic rings. The lowest BCUT2D eigenvalue weighted by Crippen LogP contribution is -2.12. The molecule has 2 N–H and O–H groups in total. The van der Waals surface area contributed by atoms with Gasteiger partial charge in [0.05, 0.1) is 0 Å². The van der Waals surface area contributed by atoms with E-state index < -0.39 is 11.7 Å². The number of rotatable bonds is 4. The zero-order valence-corrected chi connectivity index (χ0v) is 13.0. The Kier molecular flexibility index (Phi) is 4.29. The van der Waals surface area contributed by atoms with E-state index in [-0.39, 0.29) is 5.69 Å². The van der Waals surface area contributed by atoms with Crippen molar-refractivity contribution in [2.75, 3.05) is 10.6 Å². The number of aryl methyl sites for hydroxylation is 1. The topological polar surface area (TPSA) is 66.9 Å². The van der Waals surface area contributed by atoms with E-state index in [1.54, 1.807) is 11.4 Å². The molecule has 0 unspecified atom stereocenters. The highest BCUT2D eigenvalue weighted by Gasteiger charge is 2.11. The van der Waals surface area contributed by atoms with Crippen molar-refractivity contribution in [2.45, 2.75) is 6.92 Å². The molecule has 0 atom stereocenters. The summed E-state index contributed by atoms with van der Waals surface area (Å²) in [7, 11) is 0. The van der Waals surface area contributed by atoms with Gasteiger partial charge in [-0.05, 0) is 37.3 Å². The molecule has 0 fully saturated rings. The summed E-state index contributed by atoms with van der Waals surface area (Å²) in [6.45, 7) is 1.89. The van der Waals surface area contributed by atoms with Crippen molar-refractivity contribution in [3.8, 4) is 0 Å². The molecule has 3 rings (SSSR count). The predicted octanol–water partition coefficient (Wildman–Crippen LogP) is 3.98. The molecular formula is C16H13FN4OS. The Bertz CT molecular complexity index is 849. The third kappa shape index (κ3) is 3.89. The van der Waals surface area contributed by atoms with Gasteiger partial charge in [0.25, 0.3) is 5.91 Å². The van der Waals surface area contributed by atoms with Crippen LogP contribution in [0, 0.1) is 12.7 Å². The summed E-state index contributed by atoms with van der Waals surface area (Å²) >= 11 is 1.30. The van der Waals surface area contributed by atoms with Crippen LogP contribution in [0.25, 0.3) is 0 Å². The Morgan fingerprint density at radius 3 is 2.78 bits per heavy atom. The van der Waals surface area contributed by atoms with Crippen molar-refractivity contribution in [2.24, 2.45) is 0 Å². The second-order valence-electron chi connectivity index (χ2n) is 4.79. The van der Waals surface area contributed by atoms with Gasteiger partial charge in [0.1, 0.15) is 17.3 Å². The van der Waals surface area contributed by atoms with Crippen molar-refractivity contribution in [1.29, 1.82) is 0 Å². The number of halogens is 1. The molecule has 0 bridgehead atoms. The quantitative estimate of drug-likeness (QED) is 0.760. The number of aromatic nitrogens is 2. The van der Waals surface area contributed by atoms with Gasteiger partial charge < -0.3 is 10.6 Å². The minimum Gasteiger partial charge on any atom is -0.321 e. The zero-order valence-electron chi connectivity index (χ0n) is 12.2. The number of nitrogens with zero attached hydrogens (tertiary/aromatic N) is 2. The van der Waals surface area contributed by atoms with Gasteiger partial charge in [0.15, 0.2) is 5.13 Å². The fourth-order valence-corrected chi connectivity index (χ4v) is 2.62. The van der Waals surface area contributed by atoms with Crippen LogP contribution in [-0.2, 0) is 0 Å². The van der Waals surface area contributed by atoms with Gasteiger partial charge in [0, 0.05) is 16.8 Å². The summed E-state index contributed by atoms with van der Waals surface area (Å²) in [6.07, 6.45) is 0. The van der Waals surface area contributed by atoms with Crippen LogP contribution >= 0.6 is 11.3 Å². The number of carbonyl (C=O) groups is 1. The second-order valence-corrected chi connectivity index (χ2v) is 5.65. The average molecular weight is 328 g/mol. The van der Waals surface area contributed by atoms with E-state index in [9.17, 15) is 9.18 Å². The van der Waals surface area contributed by atoms with E-state index in [4.69, 9.17) is 0 Å². The average Bonchev–Trinajstić information content (AvgIpc) is 2.96. The predicted molar refractivity (Wildman–Crippen MR) is 88.7 cm³/mol. The molecule has 1 amide bonds. The maximum atomic E-state index is 13.1. The van der Waals surface area contributed by atoms with Gasteiger partial charge in [-0.3, -0.25) is 4.79 Å². The first-order chi connectivity index (χ1) is 11.1. The van der Waals surface area contributed by atoms with Crippen molar-refractivity contribution >= 4 is 33.9 Å². The standard InChI is InChI=1S/C16H13FN4OS/c1-10-4-2-7-14(18-10)21-16-20-13(9-23-16)15(22)19-12-6-3-5-11(17)8-12/h2-9H,1H3,(H,19,22)(H,18,20,21). The van der Waals surface area contributed by atoms with E-state index in [0.29, 0.717) is 16.6 Å².